The number of hydrogen-bond donors (Lipinski definition) is 2. The van der Waals surface area contributed by atoms with Gasteiger partial charge in [-0.25, -0.2) is 0 Å². The first kappa shape index (κ1) is 11.4. The molecular weight excluding hydrogens is 248 g/mol. The fraction of sp³-hybridized carbons (Fsp3) is 0.417. The predicted molar refractivity (Wildman–Crippen MR) is 71.2 cm³/mol. The molecule has 2 aromatic heterocycles. The van der Waals surface area contributed by atoms with Crippen LogP contribution in [0.15, 0.2) is 10.9 Å². The standard InChI is InChI=1S/C12H14N4OS/c1-2-16-9-5-3-4-7(9)6-8(11(16)17)10-13-12(18)15-14-10/h6H,2-5H2,1H3,(H2,13,14,15,18). The molecule has 0 unspecified atom stereocenters. The van der Waals surface area contributed by atoms with Gasteiger partial charge in [0, 0.05) is 12.2 Å². The van der Waals surface area contributed by atoms with E-state index in [2.05, 4.69) is 15.2 Å². The second-order valence-corrected chi connectivity index (χ2v) is 4.84. The molecule has 0 saturated heterocycles. The molecule has 0 saturated carbocycles. The summed E-state index contributed by atoms with van der Waals surface area (Å²) < 4.78 is 2.22. The molecule has 5 nitrogen and oxygen atoms in total. The Morgan fingerprint density at radius 2 is 2.28 bits per heavy atom. The number of pyridine rings is 1. The number of rotatable bonds is 2. The van der Waals surface area contributed by atoms with Crippen LogP contribution in [0.2, 0.25) is 0 Å². The van der Waals surface area contributed by atoms with Gasteiger partial charge in [-0.3, -0.25) is 15.0 Å². The van der Waals surface area contributed by atoms with Crippen LogP contribution in [0.3, 0.4) is 0 Å². The van der Waals surface area contributed by atoms with E-state index in [9.17, 15) is 4.79 Å². The molecule has 2 heterocycles. The molecule has 2 aromatic rings. The summed E-state index contributed by atoms with van der Waals surface area (Å²) in [6.45, 7) is 2.69. The van der Waals surface area contributed by atoms with Gasteiger partial charge in [-0.05, 0) is 50.0 Å². The Kier molecular flexibility index (Phi) is 2.66. The van der Waals surface area contributed by atoms with E-state index in [0.717, 1.165) is 19.3 Å². The van der Waals surface area contributed by atoms with Gasteiger partial charge in [0.15, 0.2) is 5.82 Å². The quantitative estimate of drug-likeness (QED) is 0.811. The molecule has 3 rings (SSSR count). The largest absolute Gasteiger partial charge is 0.312 e. The first-order valence-electron chi connectivity index (χ1n) is 6.11. The number of aromatic amines is 2. The van der Waals surface area contributed by atoms with Crippen LogP contribution in [-0.2, 0) is 19.4 Å². The lowest BCUT2D eigenvalue weighted by atomic mass is 10.1. The van der Waals surface area contributed by atoms with Crippen LogP contribution in [0.1, 0.15) is 24.6 Å². The molecule has 0 radical (unpaired) electrons. The average molecular weight is 262 g/mol. The molecule has 18 heavy (non-hydrogen) atoms. The maximum absolute atomic E-state index is 12.4. The summed E-state index contributed by atoms with van der Waals surface area (Å²) >= 11 is 4.93. The SMILES string of the molecule is CCn1c2c(cc(-c3nc(=S)[nH][nH]3)c1=O)CCC2. The molecule has 94 valence electrons. The topological polar surface area (TPSA) is 66.5 Å². The van der Waals surface area contributed by atoms with E-state index < -0.39 is 0 Å². The van der Waals surface area contributed by atoms with Gasteiger partial charge in [0.2, 0.25) is 4.77 Å². The summed E-state index contributed by atoms with van der Waals surface area (Å²) in [7, 11) is 0. The Bertz CT molecular complexity index is 710. The van der Waals surface area contributed by atoms with Crippen LogP contribution in [0, 0.1) is 4.77 Å². The first-order valence-corrected chi connectivity index (χ1v) is 6.52. The Hall–Kier alpha value is -1.69. The van der Waals surface area contributed by atoms with Crippen molar-refractivity contribution in [3.05, 3.63) is 32.4 Å². The summed E-state index contributed by atoms with van der Waals surface area (Å²) in [5.74, 6) is 0.530. The van der Waals surface area contributed by atoms with Crippen molar-refractivity contribution >= 4 is 12.2 Å². The van der Waals surface area contributed by atoms with Gasteiger partial charge in [0.05, 0.1) is 5.56 Å². The van der Waals surface area contributed by atoms with Crippen LogP contribution in [0.25, 0.3) is 11.4 Å². The van der Waals surface area contributed by atoms with Gasteiger partial charge in [-0.15, -0.1) is 0 Å². The van der Waals surface area contributed by atoms with Crippen LogP contribution < -0.4 is 5.56 Å². The number of aromatic nitrogens is 4. The molecule has 0 fully saturated rings. The van der Waals surface area contributed by atoms with E-state index in [1.165, 1.54) is 11.3 Å². The highest BCUT2D eigenvalue weighted by Gasteiger charge is 2.19. The molecule has 1 aliphatic rings. The number of aryl methyl sites for hydroxylation is 1. The fourth-order valence-electron chi connectivity index (χ4n) is 2.62. The maximum Gasteiger partial charge on any atom is 0.261 e. The molecule has 0 spiro atoms. The normalized spacial score (nSPS) is 13.8. The summed E-state index contributed by atoms with van der Waals surface area (Å²) in [6, 6.07) is 1.96. The molecule has 6 heteroatoms. The lowest BCUT2D eigenvalue weighted by molar-refractivity contribution is 0.682. The average Bonchev–Trinajstić information content (AvgIpc) is 2.96. The minimum atomic E-state index is 0.0101. The van der Waals surface area contributed by atoms with Gasteiger partial charge >= 0.3 is 0 Å². The van der Waals surface area contributed by atoms with Crippen molar-refractivity contribution in [2.75, 3.05) is 0 Å². The van der Waals surface area contributed by atoms with Gasteiger partial charge in [0.1, 0.15) is 0 Å². The third kappa shape index (κ3) is 1.64. The summed E-state index contributed by atoms with van der Waals surface area (Å²) in [6.07, 6.45) is 3.15. The lowest BCUT2D eigenvalue weighted by Gasteiger charge is -2.11. The summed E-state index contributed by atoms with van der Waals surface area (Å²) in [5, 5.41) is 5.58. The van der Waals surface area contributed by atoms with Crippen molar-refractivity contribution in [1.82, 2.24) is 19.7 Å². The van der Waals surface area contributed by atoms with E-state index >= 15 is 0 Å². The van der Waals surface area contributed by atoms with E-state index in [-0.39, 0.29) is 5.56 Å². The third-order valence-corrected chi connectivity index (χ3v) is 3.62. The minimum Gasteiger partial charge on any atom is -0.312 e. The fourth-order valence-corrected chi connectivity index (χ4v) is 2.76. The van der Waals surface area contributed by atoms with Gasteiger partial charge in [-0.2, -0.15) is 4.98 Å². The lowest BCUT2D eigenvalue weighted by Crippen LogP contribution is -2.24. The Balaban J connectivity index is 2.28. The van der Waals surface area contributed by atoms with Crippen molar-refractivity contribution < 1.29 is 0 Å². The van der Waals surface area contributed by atoms with Gasteiger partial charge in [-0.1, -0.05) is 0 Å². The van der Waals surface area contributed by atoms with Crippen molar-refractivity contribution in [2.45, 2.75) is 32.7 Å². The second-order valence-electron chi connectivity index (χ2n) is 4.45. The molecule has 0 aliphatic heterocycles. The Morgan fingerprint density at radius 3 is 2.94 bits per heavy atom. The molecule has 0 atom stereocenters. The number of fused-ring (bicyclic) bond motifs is 1. The van der Waals surface area contributed by atoms with Gasteiger partial charge in [0.25, 0.3) is 5.56 Å². The molecule has 0 aromatic carbocycles. The maximum atomic E-state index is 12.4. The highest BCUT2D eigenvalue weighted by Crippen LogP contribution is 2.23. The van der Waals surface area contributed by atoms with Crippen LogP contribution in [0.4, 0.5) is 0 Å². The molecule has 0 amide bonds. The third-order valence-electron chi connectivity index (χ3n) is 3.42. The molecule has 0 bridgehead atoms. The van der Waals surface area contributed by atoms with Crippen molar-refractivity contribution in [3.63, 3.8) is 0 Å². The van der Waals surface area contributed by atoms with Crippen molar-refractivity contribution in [3.8, 4) is 11.4 Å². The molecule has 1 aliphatic carbocycles. The number of H-pyrrole nitrogens is 2. The predicted octanol–water partition coefficient (Wildman–Crippen LogP) is 1.80. The second kappa shape index (κ2) is 4.20. The van der Waals surface area contributed by atoms with Crippen molar-refractivity contribution in [2.24, 2.45) is 0 Å². The highest BCUT2D eigenvalue weighted by molar-refractivity contribution is 7.71. The molecular formula is C12H14N4OS. The number of nitrogens with one attached hydrogen (secondary N) is 2. The van der Waals surface area contributed by atoms with E-state index in [0.29, 0.717) is 22.7 Å². The van der Waals surface area contributed by atoms with Gasteiger partial charge < -0.3 is 4.57 Å². The van der Waals surface area contributed by atoms with E-state index in [1.54, 1.807) is 0 Å². The highest BCUT2D eigenvalue weighted by atomic mass is 32.1. The zero-order valence-electron chi connectivity index (χ0n) is 10.1. The smallest absolute Gasteiger partial charge is 0.261 e. The Labute approximate surface area is 109 Å². The zero-order valence-corrected chi connectivity index (χ0v) is 10.9. The van der Waals surface area contributed by atoms with Crippen LogP contribution >= 0.6 is 12.2 Å². The first-order chi connectivity index (χ1) is 8.70. The molecule has 2 N–H and O–H groups in total. The minimum absolute atomic E-state index is 0.0101. The summed E-state index contributed by atoms with van der Waals surface area (Å²) in [4.78, 5) is 16.6. The van der Waals surface area contributed by atoms with Crippen molar-refractivity contribution in [1.29, 1.82) is 0 Å². The van der Waals surface area contributed by atoms with E-state index in [1.807, 2.05) is 17.6 Å². The monoisotopic (exact) mass is 262 g/mol. The number of hydrogen-bond acceptors (Lipinski definition) is 3. The zero-order chi connectivity index (χ0) is 12.7. The van der Waals surface area contributed by atoms with Crippen LogP contribution in [-0.4, -0.2) is 19.7 Å². The van der Waals surface area contributed by atoms with Crippen LogP contribution in [0.5, 0.6) is 0 Å². The van der Waals surface area contributed by atoms with E-state index in [4.69, 9.17) is 12.2 Å². The number of nitrogens with zero attached hydrogens (tertiary/aromatic N) is 2. The Morgan fingerprint density at radius 1 is 1.44 bits per heavy atom. The summed E-state index contributed by atoms with van der Waals surface area (Å²) in [5.41, 5.74) is 3.05.